The fourth-order valence-electron chi connectivity index (χ4n) is 2.55. The predicted molar refractivity (Wildman–Crippen MR) is 97.3 cm³/mol. The molecule has 10 heteroatoms. The lowest BCUT2D eigenvalue weighted by atomic mass is 10.1. The maximum atomic E-state index is 11.6. The van der Waals surface area contributed by atoms with E-state index >= 15 is 0 Å². The summed E-state index contributed by atoms with van der Waals surface area (Å²) >= 11 is 5.90. The smallest absolute Gasteiger partial charge is 0.274 e. The van der Waals surface area contributed by atoms with Crippen LogP contribution in [0.4, 0.5) is 5.69 Å². The van der Waals surface area contributed by atoms with Crippen LogP contribution in [0.25, 0.3) is 0 Å². The third-order valence-electron chi connectivity index (χ3n) is 3.90. The Hall–Kier alpha value is -2.46. The van der Waals surface area contributed by atoms with Crippen molar-refractivity contribution in [1.82, 2.24) is 0 Å². The molecule has 0 saturated carbocycles. The lowest BCUT2D eigenvalue weighted by Crippen LogP contribution is -2.46. The van der Waals surface area contributed by atoms with E-state index in [1.54, 1.807) is 29.2 Å². The van der Waals surface area contributed by atoms with Crippen LogP contribution in [0.2, 0.25) is 5.02 Å². The summed E-state index contributed by atoms with van der Waals surface area (Å²) in [6.07, 6.45) is 0. The van der Waals surface area contributed by atoms with E-state index in [0.29, 0.717) is 16.3 Å². The normalized spacial score (nSPS) is 20.1. The molecule has 0 aliphatic carbocycles. The van der Waals surface area contributed by atoms with Crippen LogP contribution < -0.4 is 15.8 Å². The van der Waals surface area contributed by atoms with Gasteiger partial charge in [-0.1, -0.05) is 11.6 Å². The van der Waals surface area contributed by atoms with E-state index in [-0.39, 0.29) is 17.3 Å². The molecule has 0 spiro atoms. The molecule has 1 atom stereocenters. The van der Waals surface area contributed by atoms with Crippen molar-refractivity contribution in [2.75, 3.05) is 11.4 Å². The number of benzene rings is 2. The van der Waals surface area contributed by atoms with Gasteiger partial charge in [0.2, 0.25) is 10.0 Å². The van der Waals surface area contributed by atoms with Crippen molar-refractivity contribution in [3.63, 3.8) is 0 Å². The van der Waals surface area contributed by atoms with E-state index in [1.807, 2.05) is 0 Å². The van der Waals surface area contributed by atoms with Gasteiger partial charge in [0.25, 0.3) is 11.6 Å². The number of carbonyl (C=O) groups excluding carboxylic acids is 1. The van der Waals surface area contributed by atoms with Gasteiger partial charge in [-0.2, -0.15) is 0 Å². The number of primary sulfonamides is 1. The van der Waals surface area contributed by atoms with Crippen LogP contribution in [0.5, 0.6) is 0 Å². The summed E-state index contributed by atoms with van der Waals surface area (Å²) in [6.45, 7) is -0.184. The second-order valence-corrected chi connectivity index (χ2v) is 7.75. The van der Waals surface area contributed by atoms with Crippen LogP contribution in [0.15, 0.2) is 58.4 Å². The highest BCUT2D eigenvalue weighted by molar-refractivity contribution is 7.89. The van der Waals surface area contributed by atoms with Gasteiger partial charge in [0, 0.05) is 16.3 Å². The second-order valence-electron chi connectivity index (χ2n) is 5.75. The first-order valence-electron chi connectivity index (χ1n) is 7.39. The van der Waals surface area contributed by atoms with Crippen LogP contribution in [0, 0.1) is 0 Å². The number of hydrogen-bond acceptors (Lipinski definition) is 6. The van der Waals surface area contributed by atoms with Crippen LogP contribution in [-0.4, -0.2) is 37.5 Å². The molecule has 26 heavy (non-hydrogen) atoms. The number of hydrogen-bond donors (Lipinski definition) is 3. The molecule has 1 amide bonds. The number of aliphatic hydroxyl groups is 1. The Bertz CT molecular complexity index is 990. The van der Waals surface area contributed by atoms with Gasteiger partial charge >= 0.3 is 0 Å². The molecule has 2 aromatic carbocycles. The van der Waals surface area contributed by atoms with Gasteiger partial charge < -0.3 is 15.7 Å². The molecule has 0 bridgehead atoms. The SMILES string of the molecule is NC(=O)C1(O)CN(c2ccc(Cl)cc2)C(c2ccc(S(N)(=O)=O)cc2)=N1. The Morgan fingerprint density at radius 2 is 1.73 bits per heavy atom. The summed E-state index contributed by atoms with van der Waals surface area (Å²) in [5.41, 5.74) is 4.28. The highest BCUT2D eigenvalue weighted by Crippen LogP contribution is 2.29. The molecule has 0 fully saturated rings. The first-order chi connectivity index (χ1) is 12.1. The largest absolute Gasteiger partial charge is 0.365 e. The molecule has 5 N–H and O–H groups in total. The molecule has 3 rings (SSSR count). The summed E-state index contributed by atoms with van der Waals surface area (Å²) in [4.78, 5) is 17.2. The number of primary amides is 1. The maximum Gasteiger partial charge on any atom is 0.274 e. The zero-order valence-corrected chi connectivity index (χ0v) is 14.9. The number of amides is 1. The second kappa shape index (κ2) is 6.36. The van der Waals surface area contributed by atoms with E-state index in [0.717, 1.165) is 0 Å². The number of anilines is 1. The lowest BCUT2D eigenvalue weighted by molar-refractivity contribution is -0.133. The monoisotopic (exact) mass is 394 g/mol. The third-order valence-corrected chi connectivity index (χ3v) is 5.08. The zero-order valence-electron chi connectivity index (χ0n) is 13.3. The number of nitrogens with zero attached hydrogens (tertiary/aromatic N) is 2. The number of β-amino-alcohol motifs (C(OH)–C–C–N with tert-alkyl or cyclic N) is 1. The maximum absolute atomic E-state index is 11.6. The minimum atomic E-state index is -3.84. The Morgan fingerprint density at radius 1 is 1.15 bits per heavy atom. The van der Waals surface area contributed by atoms with E-state index in [4.69, 9.17) is 22.5 Å². The third kappa shape index (κ3) is 3.42. The highest BCUT2D eigenvalue weighted by Gasteiger charge is 2.43. The molecule has 0 saturated heterocycles. The first-order valence-corrected chi connectivity index (χ1v) is 9.31. The van der Waals surface area contributed by atoms with Crippen molar-refractivity contribution < 1.29 is 18.3 Å². The van der Waals surface area contributed by atoms with Crippen molar-refractivity contribution in [2.45, 2.75) is 10.6 Å². The first kappa shape index (κ1) is 18.3. The minimum absolute atomic E-state index is 0.0666. The summed E-state index contributed by atoms with van der Waals surface area (Å²) in [5, 5.41) is 16.0. The number of sulfonamides is 1. The van der Waals surface area contributed by atoms with Crippen LogP contribution in [-0.2, 0) is 14.8 Å². The highest BCUT2D eigenvalue weighted by atomic mass is 35.5. The van der Waals surface area contributed by atoms with Gasteiger partial charge in [0.05, 0.1) is 11.4 Å². The number of amidine groups is 1. The molecule has 0 aromatic heterocycles. The molecule has 1 unspecified atom stereocenters. The number of aliphatic imine (C=N–C) groups is 1. The van der Waals surface area contributed by atoms with Crippen LogP contribution in [0.3, 0.4) is 0 Å². The average Bonchev–Trinajstić information content (AvgIpc) is 2.94. The predicted octanol–water partition coefficient (Wildman–Crippen LogP) is 0.428. The zero-order chi connectivity index (χ0) is 19.1. The van der Waals surface area contributed by atoms with Gasteiger partial charge in [-0.05, 0) is 48.5 Å². The van der Waals surface area contributed by atoms with Crippen LogP contribution in [0.1, 0.15) is 5.56 Å². The van der Waals surface area contributed by atoms with Gasteiger partial charge in [-0.15, -0.1) is 0 Å². The molecular weight excluding hydrogens is 380 g/mol. The molecule has 1 heterocycles. The number of carbonyl (C=O) groups is 1. The fourth-order valence-corrected chi connectivity index (χ4v) is 3.19. The van der Waals surface area contributed by atoms with Gasteiger partial charge in [-0.25, -0.2) is 18.5 Å². The van der Waals surface area contributed by atoms with Crippen molar-refractivity contribution >= 4 is 39.1 Å². The molecule has 8 nitrogen and oxygen atoms in total. The molecule has 0 radical (unpaired) electrons. The van der Waals surface area contributed by atoms with Crippen molar-refractivity contribution in [1.29, 1.82) is 0 Å². The van der Waals surface area contributed by atoms with Crippen molar-refractivity contribution in [2.24, 2.45) is 15.9 Å². The van der Waals surface area contributed by atoms with E-state index in [2.05, 4.69) is 4.99 Å². The lowest BCUT2D eigenvalue weighted by Gasteiger charge is -2.22. The Kier molecular flexibility index (Phi) is 4.49. The summed E-state index contributed by atoms with van der Waals surface area (Å²) in [6, 6.07) is 12.3. The van der Waals surface area contributed by atoms with Gasteiger partial charge in [0.15, 0.2) is 0 Å². The molecular formula is C16H15ClN4O4S. The Morgan fingerprint density at radius 3 is 2.23 bits per heavy atom. The average molecular weight is 395 g/mol. The van der Waals surface area contributed by atoms with E-state index in [1.165, 1.54) is 24.3 Å². The molecule has 1 aliphatic rings. The molecule has 136 valence electrons. The Labute approximate surface area is 154 Å². The van der Waals surface area contributed by atoms with Gasteiger partial charge in [-0.3, -0.25) is 4.79 Å². The Balaban J connectivity index is 2.07. The van der Waals surface area contributed by atoms with E-state index in [9.17, 15) is 18.3 Å². The number of halogens is 1. The quantitative estimate of drug-likeness (QED) is 0.689. The van der Waals surface area contributed by atoms with Gasteiger partial charge in [0.1, 0.15) is 5.84 Å². The summed E-state index contributed by atoms with van der Waals surface area (Å²) in [5.74, 6) is -0.734. The topological polar surface area (TPSA) is 139 Å². The van der Waals surface area contributed by atoms with E-state index < -0.39 is 21.7 Å². The number of rotatable bonds is 4. The minimum Gasteiger partial charge on any atom is -0.365 e. The fraction of sp³-hybridized carbons (Fsp3) is 0.125. The van der Waals surface area contributed by atoms with Crippen LogP contribution >= 0.6 is 11.6 Å². The standard InChI is InChI=1S/C16H15ClN4O4S/c17-11-3-5-12(6-4-11)21-9-16(23,15(18)22)20-14(21)10-1-7-13(8-2-10)26(19,24)25/h1-8,23H,9H2,(H2,18,22)(H2,19,24,25). The van der Waals surface area contributed by atoms with Crippen molar-refractivity contribution in [3.05, 3.63) is 59.1 Å². The molecule has 1 aliphatic heterocycles. The molecule has 2 aromatic rings. The van der Waals surface area contributed by atoms with Crippen molar-refractivity contribution in [3.8, 4) is 0 Å². The summed E-state index contributed by atoms with van der Waals surface area (Å²) < 4.78 is 22.8. The summed E-state index contributed by atoms with van der Waals surface area (Å²) in [7, 11) is -3.84. The number of nitrogens with two attached hydrogens (primary N) is 2.